The topological polar surface area (TPSA) is 94.3 Å². The summed E-state index contributed by atoms with van der Waals surface area (Å²) >= 11 is 2.42. The fourth-order valence-electron chi connectivity index (χ4n) is 1.60. The molecule has 0 saturated heterocycles. The first-order chi connectivity index (χ1) is 11.3. The molecule has 0 aliphatic rings. The molecule has 0 saturated carbocycles. The summed E-state index contributed by atoms with van der Waals surface area (Å²) in [6.45, 7) is 1.28. The van der Waals surface area contributed by atoms with Crippen LogP contribution in [0.25, 0.3) is 0 Å². The van der Waals surface area contributed by atoms with E-state index in [9.17, 15) is 18.4 Å². The molecule has 0 aliphatic heterocycles. The molecule has 1 aromatic carbocycles. The quantitative estimate of drug-likeness (QED) is 0.727. The molecule has 0 bridgehead atoms. The number of rotatable bonds is 7. The highest BCUT2D eigenvalue weighted by Gasteiger charge is 2.13. The van der Waals surface area contributed by atoms with Crippen molar-refractivity contribution in [1.29, 1.82) is 0 Å². The van der Waals surface area contributed by atoms with Crippen LogP contribution in [-0.4, -0.2) is 29.2 Å². The van der Waals surface area contributed by atoms with Gasteiger partial charge in [0.25, 0.3) is 5.91 Å². The Morgan fingerprint density at radius 1 is 1.42 bits per heavy atom. The molecule has 0 spiro atoms. The number of nitrogens with zero attached hydrogens (tertiary/aromatic N) is 1. The molecule has 2 rings (SSSR count). The molecular weight excluding hydrogens is 360 g/mol. The number of carbonyl (C=O) groups excluding carboxylic acids is 2. The molecular formula is C14H13F2N3O3S2. The second-order valence-corrected chi connectivity index (χ2v) is 6.80. The SMILES string of the molecule is Cc1nc(NC(=O)COc2ccc(F)cc2F)sc1SCC(N)=O. The van der Waals surface area contributed by atoms with Crippen LogP contribution in [-0.2, 0) is 9.59 Å². The average molecular weight is 373 g/mol. The normalized spacial score (nSPS) is 10.5. The minimum Gasteiger partial charge on any atom is -0.481 e. The van der Waals surface area contributed by atoms with Crippen molar-refractivity contribution < 1.29 is 23.1 Å². The maximum absolute atomic E-state index is 13.4. The number of anilines is 1. The van der Waals surface area contributed by atoms with Crippen molar-refractivity contribution in [3.8, 4) is 5.75 Å². The van der Waals surface area contributed by atoms with E-state index in [1.807, 2.05) is 0 Å². The molecule has 1 aromatic heterocycles. The number of hydrogen-bond donors (Lipinski definition) is 2. The van der Waals surface area contributed by atoms with Crippen molar-refractivity contribution in [2.45, 2.75) is 11.1 Å². The maximum Gasteiger partial charge on any atom is 0.264 e. The van der Waals surface area contributed by atoms with Gasteiger partial charge >= 0.3 is 0 Å². The van der Waals surface area contributed by atoms with E-state index in [-0.39, 0.29) is 11.5 Å². The van der Waals surface area contributed by atoms with Crippen LogP contribution < -0.4 is 15.8 Å². The Bertz CT molecular complexity index is 768. The molecule has 3 N–H and O–H groups in total. The molecule has 2 aromatic rings. The van der Waals surface area contributed by atoms with E-state index in [1.54, 1.807) is 6.92 Å². The standard InChI is InChI=1S/C14H13F2N3O3S2/c1-7-13(23-6-11(17)20)24-14(18-7)19-12(21)5-22-10-3-2-8(15)4-9(10)16/h2-4H,5-6H2,1H3,(H2,17,20)(H,18,19,21). The zero-order valence-electron chi connectivity index (χ0n) is 12.5. The summed E-state index contributed by atoms with van der Waals surface area (Å²) in [7, 11) is 0. The predicted molar refractivity (Wildman–Crippen MR) is 87.3 cm³/mol. The largest absolute Gasteiger partial charge is 0.481 e. The number of hydrogen-bond acceptors (Lipinski definition) is 6. The van der Waals surface area contributed by atoms with E-state index in [4.69, 9.17) is 10.5 Å². The number of thiazole rings is 1. The summed E-state index contributed by atoms with van der Waals surface area (Å²) in [5, 5.41) is 2.84. The summed E-state index contributed by atoms with van der Waals surface area (Å²) < 4.78 is 31.9. The molecule has 0 fully saturated rings. The van der Waals surface area contributed by atoms with Crippen LogP contribution in [0.1, 0.15) is 5.69 Å². The van der Waals surface area contributed by atoms with E-state index in [0.717, 1.165) is 16.3 Å². The summed E-state index contributed by atoms with van der Waals surface area (Å²) in [5.41, 5.74) is 5.74. The molecule has 10 heteroatoms. The molecule has 1 heterocycles. The third-order valence-electron chi connectivity index (χ3n) is 2.60. The number of aryl methyl sites for hydroxylation is 1. The number of primary amides is 1. The predicted octanol–water partition coefficient (Wildman–Crippen LogP) is 2.32. The summed E-state index contributed by atoms with van der Waals surface area (Å²) in [6, 6.07) is 2.80. The average Bonchev–Trinajstić information content (AvgIpc) is 2.84. The smallest absolute Gasteiger partial charge is 0.264 e. The Balaban J connectivity index is 1.90. The van der Waals surface area contributed by atoms with Crippen molar-refractivity contribution in [2.24, 2.45) is 5.73 Å². The van der Waals surface area contributed by atoms with Crippen molar-refractivity contribution in [2.75, 3.05) is 17.7 Å². The number of carbonyl (C=O) groups is 2. The lowest BCUT2D eigenvalue weighted by Crippen LogP contribution is -2.20. The van der Waals surface area contributed by atoms with Gasteiger partial charge in [0, 0.05) is 6.07 Å². The molecule has 0 unspecified atom stereocenters. The van der Waals surface area contributed by atoms with Gasteiger partial charge in [-0.15, -0.1) is 11.8 Å². The second-order valence-electron chi connectivity index (χ2n) is 4.56. The van der Waals surface area contributed by atoms with Crippen LogP contribution in [0.15, 0.2) is 22.4 Å². The van der Waals surface area contributed by atoms with E-state index >= 15 is 0 Å². The number of ether oxygens (including phenoxy) is 1. The van der Waals surface area contributed by atoms with E-state index < -0.39 is 30.1 Å². The monoisotopic (exact) mass is 373 g/mol. The third kappa shape index (κ3) is 5.17. The summed E-state index contributed by atoms with van der Waals surface area (Å²) in [4.78, 5) is 26.7. The first-order valence-electron chi connectivity index (χ1n) is 6.61. The van der Waals surface area contributed by atoms with Gasteiger partial charge in [0.1, 0.15) is 5.82 Å². The van der Waals surface area contributed by atoms with E-state index in [0.29, 0.717) is 16.9 Å². The van der Waals surface area contributed by atoms with Gasteiger partial charge < -0.3 is 10.5 Å². The Kier molecular flexibility index (Phi) is 6.10. The minimum atomic E-state index is -0.891. The summed E-state index contributed by atoms with van der Waals surface area (Å²) in [5.74, 6) is -2.73. The van der Waals surface area contributed by atoms with Gasteiger partial charge in [0.15, 0.2) is 23.3 Å². The van der Waals surface area contributed by atoms with Crippen LogP contribution in [0.5, 0.6) is 5.75 Å². The van der Waals surface area contributed by atoms with Gasteiger partial charge in [-0.2, -0.15) is 0 Å². The highest BCUT2D eigenvalue weighted by molar-refractivity contribution is 8.01. The van der Waals surface area contributed by atoms with Crippen LogP contribution >= 0.6 is 23.1 Å². The number of amides is 2. The van der Waals surface area contributed by atoms with Crippen LogP contribution in [0.4, 0.5) is 13.9 Å². The molecule has 0 atom stereocenters. The molecule has 0 aliphatic carbocycles. The minimum absolute atomic E-state index is 0.114. The third-order valence-corrected chi connectivity index (χ3v) is 5.06. The van der Waals surface area contributed by atoms with Gasteiger partial charge in [-0.25, -0.2) is 13.8 Å². The Morgan fingerprint density at radius 2 is 2.17 bits per heavy atom. The number of aromatic nitrogens is 1. The van der Waals surface area contributed by atoms with Gasteiger partial charge in [0.2, 0.25) is 5.91 Å². The van der Waals surface area contributed by atoms with E-state index in [1.165, 1.54) is 23.1 Å². The number of nitrogens with one attached hydrogen (secondary N) is 1. The molecule has 2 amide bonds. The maximum atomic E-state index is 13.4. The lowest BCUT2D eigenvalue weighted by atomic mass is 10.3. The highest BCUT2D eigenvalue weighted by atomic mass is 32.2. The fraction of sp³-hybridized carbons (Fsp3) is 0.214. The zero-order chi connectivity index (χ0) is 17.7. The Morgan fingerprint density at radius 3 is 2.83 bits per heavy atom. The van der Waals surface area contributed by atoms with E-state index in [2.05, 4.69) is 10.3 Å². The Labute approximate surface area is 144 Å². The molecule has 24 heavy (non-hydrogen) atoms. The molecule has 6 nitrogen and oxygen atoms in total. The Hall–Kier alpha value is -2.20. The number of thioether (sulfide) groups is 1. The van der Waals surface area contributed by atoms with Gasteiger partial charge in [-0.1, -0.05) is 11.3 Å². The second kappa shape index (κ2) is 8.06. The highest BCUT2D eigenvalue weighted by Crippen LogP contribution is 2.31. The van der Waals surface area contributed by atoms with Crippen LogP contribution in [0.2, 0.25) is 0 Å². The lowest BCUT2D eigenvalue weighted by molar-refractivity contribution is -0.118. The fourth-order valence-corrected chi connectivity index (χ4v) is 3.49. The number of nitrogens with two attached hydrogens (primary N) is 1. The van der Waals surface area contributed by atoms with Crippen LogP contribution in [0.3, 0.4) is 0 Å². The summed E-state index contributed by atoms with van der Waals surface area (Å²) in [6.07, 6.45) is 0. The van der Waals surface area contributed by atoms with Gasteiger partial charge in [0.05, 0.1) is 15.7 Å². The molecule has 0 radical (unpaired) electrons. The first-order valence-corrected chi connectivity index (χ1v) is 8.41. The zero-order valence-corrected chi connectivity index (χ0v) is 14.1. The van der Waals surface area contributed by atoms with Gasteiger partial charge in [-0.3, -0.25) is 14.9 Å². The van der Waals surface area contributed by atoms with Gasteiger partial charge in [-0.05, 0) is 19.1 Å². The first kappa shape index (κ1) is 18.1. The molecule has 128 valence electrons. The van der Waals surface area contributed by atoms with Crippen molar-refractivity contribution in [3.05, 3.63) is 35.5 Å². The number of benzene rings is 1. The lowest BCUT2D eigenvalue weighted by Gasteiger charge is -2.06. The number of halogens is 2. The van der Waals surface area contributed by atoms with Crippen molar-refractivity contribution in [3.63, 3.8) is 0 Å². The van der Waals surface area contributed by atoms with Crippen molar-refractivity contribution in [1.82, 2.24) is 4.98 Å². The van der Waals surface area contributed by atoms with Crippen LogP contribution in [0, 0.1) is 18.6 Å². The van der Waals surface area contributed by atoms with Crippen molar-refractivity contribution >= 4 is 40.0 Å².